The Balaban J connectivity index is 0.000000361. The third kappa shape index (κ3) is 20.9. The van der Waals surface area contributed by atoms with E-state index in [0.717, 1.165) is 28.5 Å². The molecule has 0 aliphatic rings. The number of imide groups is 1. The molecule has 68 heavy (non-hydrogen) atoms. The number of quaternary nitrogens is 2. The van der Waals surface area contributed by atoms with Gasteiger partial charge in [0.05, 0.1) is 55.1 Å². The van der Waals surface area contributed by atoms with Crippen LogP contribution >= 0.6 is 0 Å². The predicted molar refractivity (Wildman–Crippen MR) is 248 cm³/mol. The Morgan fingerprint density at radius 3 is 1.18 bits per heavy atom. The molecule has 0 aromatic heterocycles. The van der Waals surface area contributed by atoms with Crippen molar-refractivity contribution in [2.75, 3.05) is 42.3 Å². The van der Waals surface area contributed by atoms with Crippen molar-refractivity contribution in [2.24, 2.45) is 0 Å². The maximum atomic E-state index is 12.5. The Bertz CT molecular complexity index is 2320. The van der Waals surface area contributed by atoms with Gasteiger partial charge in [0.2, 0.25) is 6.41 Å². The molecule has 4 rings (SSSR count). The van der Waals surface area contributed by atoms with Gasteiger partial charge in [-0.1, -0.05) is 121 Å². The van der Waals surface area contributed by atoms with Crippen LogP contribution in [0.5, 0.6) is 0 Å². The van der Waals surface area contributed by atoms with Gasteiger partial charge in [-0.05, 0) is 22.3 Å². The normalized spacial score (nSPS) is 12.3. The summed E-state index contributed by atoms with van der Waals surface area (Å²) in [5.41, 5.74) is 3.25. The van der Waals surface area contributed by atoms with Crippen LogP contribution in [0.25, 0.3) is 0 Å². The lowest BCUT2D eigenvalue weighted by Gasteiger charge is -2.31. The molecule has 0 radical (unpaired) electrons. The highest BCUT2D eigenvalue weighted by atomic mass is 16.6. The Morgan fingerprint density at radius 1 is 0.515 bits per heavy atom. The summed E-state index contributed by atoms with van der Waals surface area (Å²) in [5.74, 6) is -2.16. The molecule has 5 N–H and O–H groups in total. The Labute approximate surface area is 395 Å². The predicted octanol–water partition coefficient (Wildman–Crippen LogP) is 6.33. The number of rotatable bonds is 21. The summed E-state index contributed by atoms with van der Waals surface area (Å²) in [5, 5.41) is 26.7. The fraction of sp³-hybridized carbons (Fsp3) is 0.286. The van der Waals surface area contributed by atoms with Crippen LogP contribution in [-0.2, 0) is 59.8 Å². The number of hydrogen-bond acceptors (Lipinski definition) is 11. The van der Waals surface area contributed by atoms with E-state index >= 15 is 0 Å². The smallest absolute Gasteiger partial charge is 0.420 e. The monoisotopic (exact) mass is 940 g/mol. The zero-order valence-corrected chi connectivity index (χ0v) is 38.9. The largest absolute Gasteiger partial charge is 0.477 e. The molecular weight excluding hydrogens is 881 g/mol. The minimum atomic E-state index is -1.12. The van der Waals surface area contributed by atoms with Crippen molar-refractivity contribution < 1.29 is 71.7 Å². The topological polar surface area (TPSA) is 236 Å². The number of hydrogen-bond donors (Lipinski definition) is 5. The van der Waals surface area contributed by atoms with Crippen LogP contribution in [0, 0.1) is 0 Å². The van der Waals surface area contributed by atoms with E-state index in [2.05, 4.69) is 16.0 Å². The van der Waals surface area contributed by atoms with Crippen molar-refractivity contribution in [2.45, 2.75) is 51.4 Å². The number of ether oxygens (including phenoxy) is 4. The summed E-state index contributed by atoms with van der Waals surface area (Å²) >= 11 is 0. The van der Waals surface area contributed by atoms with Gasteiger partial charge in [0, 0.05) is 23.8 Å². The second kappa shape index (κ2) is 27.4. The molecule has 0 fully saturated rings. The van der Waals surface area contributed by atoms with E-state index in [9.17, 15) is 43.8 Å². The molecule has 2 unspecified atom stereocenters. The van der Waals surface area contributed by atoms with Crippen molar-refractivity contribution in [3.63, 3.8) is 0 Å². The SMILES string of the molecule is C[N+](C)(C)C(C/C(=C/N(C=O)C(=O)OCc1ccccc1)NC(=O)OCc1ccccc1)C(=O)O.C[N+](C)(C)C(C/C(=C/NC(=O)OCc1ccccc1)NC(=O)OCc1ccccc1)C(=O)O. The zero-order valence-electron chi connectivity index (χ0n) is 38.9. The van der Waals surface area contributed by atoms with Crippen LogP contribution < -0.4 is 16.0 Å². The summed E-state index contributed by atoms with van der Waals surface area (Å²) in [6, 6.07) is 34.2. The first-order valence-electron chi connectivity index (χ1n) is 21.1. The van der Waals surface area contributed by atoms with Gasteiger partial charge in [-0.15, -0.1) is 0 Å². The summed E-state index contributed by atoms with van der Waals surface area (Å²) in [6.45, 7) is 0.0216. The summed E-state index contributed by atoms with van der Waals surface area (Å²) in [6.07, 6.45) is -1.15. The number of carbonyl (C=O) groups is 7. The van der Waals surface area contributed by atoms with Crippen molar-refractivity contribution in [3.05, 3.63) is 167 Å². The Kier molecular flexibility index (Phi) is 21.9. The van der Waals surface area contributed by atoms with Gasteiger partial charge < -0.3 is 38.1 Å². The second-order valence-corrected chi connectivity index (χ2v) is 16.8. The van der Waals surface area contributed by atoms with Crippen molar-refractivity contribution in [1.82, 2.24) is 20.9 Å². The Morgan fingerprint density at radius 2 is 0.838 bits per heavy atom. The highest BCUT2D eigenvalue weighted by Gasteiger charge is 2.34. The lowest BCUT2D eigenvalue weighted by Crippen LogP contribution is -2.50. The molecule has 4 aromatic carbocycles. The molecule has 0 heterocycles. The quantitative estimate of drug-likeness (QED) is 0.0350. The molecule has 0 bridgehead atoms. The fourth-order valence-electron chi connectivity index (χ4n) is 5.86. The molecule has 19 heteroatoms. The fourth-order valence-corrected chi connectivity index (χ4v) is 5.86. The number of carboxylic acid groups (broad SMARTS) is 2. The van der Waals surface area contributed by atoms with Gasteiger partial charge >= 0.3 is 36.3 Å². The van der Waals surface area contributed by atoms with Gasteiger partial charge in [-0.25, -0.2) is 33.7 Å². The summed E-state index contributed by atoms with van der Waals surface area (Å²) in [7, 11) is 10.2. The number of nitrogens with zero attached hydrogens (tertiary/aromatic N) is 3. The van der Waals surface area contributed by atoms with Crippen molar-refractivity contribution in [3.8, 4) is 0 Å². The van der Waals surface area contributed by atoms with Gasteiger partial charge in [-0.2, -0.15) is 0 Å². The first-order valence-corrected chi connectivity index (χ1v) is 21.1. The maximum Gasteiger partial charge on any atom is 0.420 e. The average Bonchev–Trinajstić information content (AvgIpc) is 3.30. The number of likely N-dealkylation sites (N-methyl/N-ethyl adjacent to an activating group) is 2. The molecule has 4 aromatic rings. The van der Waals surface area contributed by atoms with E-state index in [1.54, 1.807) is 90.8 Å². The number of nitrogens with one attached hydrogen (secondary N) is 3. The number of benzene rings is 4. The molecule has 362 valence electrons. The highest BCUT2D eigenvalue weighted by Crippen LogP contribution is 2.16. The summed E-state index contributed by atoms with van der Waals surface area (Å²) in [4.78, 5) is 85.2. The lowest BCUT2D eigenvalue weighted by atomic mass is 10.1. The molecule has 5 amide bonds. The maximum absolute atomic E-state index is 12.5. The van der Waals surface area contributed by atoms with Crippen LogP contribution in [0.1, 0.15) is 35.1 Å². The van der Waals surface area contributed by atoms with Crippen LogP contribution in [0.4, 0.5) is 19.2 Å². The number of amides is 5. The van der Waals surface area contributed by atoms with Gasteiger partial charge in [0.1, 0.15) is 26.4 Å². The van der Waals surface area contributed by atoms with Crippen LogP contribution in [0.15, 0.2) is 145 Å². The minimum absolute atomic E-state index is 0.00715. The number of carboxylic acids is 2. The number of carbonyl (C=O) groups excluding carboxylic acids is 5. The van der Waals surface area contributed by atoms with E-state index in [1.165, 1.54) is 6.20 Å². The lowest BCUT2D eigenvalue weighted by molar-refractivity contribution is -0.887. The van der Waals surface area contributed by atoms with Crippen LogP contribution in [-0.4, -0.2) is 121 Å². The van der Waals surface area contributed by atoms with E-state index in [4.69, 9.17) is 18.9 Å². The molecule has 0 spiro atoms. The molecule has 2 atom stereocenters. The number of aliphatic carboxylic acids is 2. The van der Waals surface area contributed by atoms with Gasteiger partial charge in [0.25, 0.3) is 0 Å². The van der Waals surface area contributed by atoms with Crippen LogP contribution in [0.2, 0.25) is 0 Å². The molecule has 19 nitrogen and oxygen atoms in total. The van der Waals surface area contributed by atoms with E-state index in [1.807, 2.05) is 72.8 Å². The van der Waals surface area contributed by atoms with Gasteiger partial charge in [0.15, 0.2) is 12.1 Å². The molecule has 0 saturated carbocycles. The highest BCUT2D eigenvalue weighted by molar-refractivity contribution is 5.82. The standard InChI is InChI=1S/C25H29N3O7.C24H29N3O6/c1-28(2,3)22(23(30)31)14-21(26-24(32)34-16-19-10-6-4-7-11-19)15-27(18-29)25(33)35-17-20-12-8-5-9-13-20;1-27(2,3)21(22(28)29)14-20(26-24(31)33-17-19-12-8-5-9-13-19)15-25-23(30)32-16-18-10-6-4-7-11-18/h4-13,15,18,22H,14,16-17H2,1-3H3,(H-,26,30,31,32);4-13,15,21H,14,16-17H2,1-3H3,(H2-,25,26,28,29,30,31)/p+2/b21-15-;20-15-. The molecular formula is C49H60N6O13+2. The average molecular weight is 941 g/mol. The Hall–Kier alpha value is -8.03. The third-order valence-corrected chi connectivity index (χ3v) is 9.62. The van der Waals surface area contributed by atoms with E-state index in [-0.39, 0.29) is 66.0 Å². The van der Waals surface area contributed by atoms with Crippen molar-refractivity contribution >= 4 is 42.7 Å². The van der Waals surface area contributed by atoms with E-state index < -0.39 is 48.4 Å². The van der Waals surface area contributed by atoms with E-state index in [0.29, 0.717) is 4.90 Å². The minimum Gasteiger partial charge on any atom is -0.477 e. The first-order chi connectivity index (χ1) is 32.2. The third-order valence-electron chi connectivity index (χ3n) is 9.62. The first kappa shape index (κ1) is 54.3. The van der Waals surface area contributed by atoms with Crippen LogP contribution in [0.3, 0.4) is 0 Å². The molecule has 0 aliphatic carbocycles. The molecule has 0 saturated heterocycles. The zero-order chi connectivity index (χ0) is 50.1. The number of alkyl carbamates (subject to hydrolysis) is 3. The molecule has 0 aliphatic heterocycles. The van der Waals surface area contributed by atoms with Gasteiger partial charge in [-0.3, -0.25) is 20.7 Å². The second-order valence-electron chi connectivity index (χ2n) is 16.8. The van der Waals surface area contributed by atoms with Crippen molar-refractivity contribution in [1.29, 1.82) is 0 Å². The summed E-state index contributed by atoms with van der Waals surface area (Å²) < 4.78 is 20.8.